The van der Waals surface area contributed by atoms with Crippen molar-refractivity contribution in [2.24, 2.45) is 5.73 Å². The summed E-state index contributed by atoms with van der Waals surface area (Å²) < 4.78 is 4.84. The Morgan fingerprint density at radius 2 is 2.53 bits per heavy atom. The van der Waals surface area contributed by atoms with Crippen LogP contribution in [0.15, 0.2) is 24.5 Å². The molecule has 0 radical (unpaired) electrons. The molecule has 5 nitrogen and oxygen atoms in total. The second-order valence-electron chi connectivity index (χ2n) is 3.12. The van der Waals surface area contributed by atoms with Gasteiger partial charge in [0.05, 0.1) is 17.9 Å². The molecule has 0 fully saturated rings. The van der Waals surface area contributed by atoms with Crippen LogP contribution in [-0.4, -0.2) is 30.6 Å². The molecule has 1 aromatic rings. The molecule has 0 aromatic carbocycles. The molecule has 0 spiro atoms. The highest BCUT2D eigenvalue weighted by atomic mass is 16.5. The molecule has 82 valence electrons. The summed E-state index contributed by atoms with van der Waals surface area (Å²) in [5.74, 6) is -0.222. The molecule has 1 aromatic heterocycles. The van der Waals surface area contributed by atoms with Gasteiger partial charge >= 0.3 is 0 Å². The number of aromatic nitrogens is 1. The number of nitrogens with one attached hydrogen (secondary N) is 1. The fraction of sp³-hybridized carbons (Fsp3) is 0.400. The maximum absolute atomic E-state index is 11.5. The topological polar surface area (TPSA) is 77.2 Å². The lowest BCUT2D eigenvalue weighted by Crippen LogP contribution is -2.36. The lowest BCUT2D eigenvalue weighted by molar-refractivity contribution is -0.117. The molecule has 1 unspecified atom stereocenters. The van der Waals surface area contributed by atoms with E-state index < -0.39 is 6.04 Å². The van der Waals surface area contributed by atoms with Crippen LogP contribution in [0, 0.1) is 0 Å². The zero-order valence-electron chi connectivity index (χ0n) is 8.64. The Morgan fingerprint density at radius 3 is 3.13 bits per heavy atom. The zero-order valence-corrected chi connectivity index (χ0v) is 8.64. The Morgan fingerprint density at radius 1 is 1.73 bits per heavy atom. The summed E-state index contributed by atoms with van der Waals surface area (Å²) in [5, 5.41) is 2.67. The molecular weight excluding hydrogens is 194 g/mol. The minimum absolute atomic E-state index is 0.222. The van der Waals surface area contributed by atoms with Crippen molar-refractivity contribution in [1.82, 2.24) is 4.98 Å². The fourth-order valence-electron chi connectivity index (χ4n) is 1.05. The molecule has 0 saturated heterocycles. The number of anilines is 1. The van der Waals surface area contributed by atoms with E-state index in [1.807, 2.05) is 0 Å². The quantitative estimate of drug-likeness (QED) is 0.735. The van der Waals surface area contributed by atoms with Gasteiger partial charge in [0.2, 0.25) is 5.91 Å². The van der Waals surface area contributed by atoms with Crippen LogP contribution in [0.2, 0.25) is 0 Å². The highest BCUT2D eigenvalue weighted by Crippen LogP contribution is 2.03. The molecule has 0 bridgehead atoms. The van der Waals surface area contributed by atoms with E-state index in [0.29, 0.717) is 18.7 Å². The van der Waals surface area contributed by atoms with Crippen LogP contribution >= 0.6 is 0 Å². The maximum atomic E-state index is 11.5. The normalized spacial score (nSPS) is 12.1. The van der Waals surface area contributed by atoms with Gasteiger partial charge in [-0.05, 0) is 18.6 Å². The third-order valence-electron chi connectivity index (χ3n) is 1.90. The number of rotatable bonds is 5. The molecule has 0 aliphatic heterocycles. The molecule has 1 heterocycles. The van der Waals surface area contributed by atoms with E-state index >= 15 is 0 Å². The van der Waals surface area contributed by atoms with Crippen LogP contribution in [0.1, 0.15) is 6.42 Å². The van der Waals surface area contributed by atoms with Crippen molar-refractivity contribution in [1.29, 1.82) is 0 Å². The van der Waals surface area contributed by atoms with E-state index in [1.165, 1.54) is 0 Å². The minimum atomic E-state index is -0.551. The van der Waals surface area contributed by atoms with Gasteiger partial charge in [0, 0.05) is 19.9 Å². The Kier molecular flexibility index (Phi) is 4.73. The second-order valence-corrected chi connectivity index (χ2v) is 3.12. The fourth-order valence-corrected chi connectivity index (χ4v) is 1.05. The Balaban J connectivity index is 2.42. The van der Waals surface area contributed by atoms with E-state index in [9.17, 15) is 4.79 Å². The first kappa shape index (κ1) is 11.6. The molecule has 0 aliphatic carbocycles. The number of hydrogen-bond donors (Lipinski definition) is 2. The largest absolute Gasteiger partial charge is 0.385 e. The molecule has 5 heteroatoms. The smallest absolute Gasteiger partial charge is 0.241 e. The minimum Gasteiger partial charge on any atom is -0.385 e. The SMILES string of the molecule is COCCC(N)C(=O)Nc1cccnc1. The number of carbonyl (C=O) groups excluding carboxylic acids is 1. The average Bonchev–Trinajstić information content (AvgIpc) is 2.27. The first-order chi connectivity index (χ1) is 7.24. The van der Waals surface area contributed by atoms with Crippen LogP contribution in [0.25, 0.3) is 0 Å². The van der Waals surface area contributed by atoms with Gasteiger partial charge in [0.25, 0.3) is 0 Å². The van der Waals surface area contributed by atoms with Crippen LogP contribution in [-0.2, 0) is 9.53 Å². The lowest BCUT2D eigenvalue weighted by Gasteiger charge is -2.11. The van der Waals surface area contributed by atoms with Crippen molar-refractivity contribution in [3.63, 3.8) is 0 Å². The molecule has 1 amide bonds. The number of carbonyl (C=O) groups is 1. The predicted octanol–water partition coefficient (Wildman–Crippen LogP) is 0.384. The van der Waals surface area contributed by atoms with Crippen LogP contribution in [0.5, 0.6) is 0 Å². The van der Waals surface area contributed by atoms with E-state index in [0.717, 1.165) is 0 Å². The van der Waals surface area contributed by atoms with E-state index in [4.69, 9.17) is 10.5 Å². The zero-order chi connectivity index (χ0) is 11.1. The van der Waals surface area contributed by atoms with Gasteiger partial charge in [0.1, 0.15) is 0 Å². The molecule has 1 rings (SSSR count). The number of nitrogens with two attached hydrogens (primary N) is 1. The van der Waals surface area contributed by atoms with Gasteiger partial charge in [-0.2, -0.15) is 0 Å². The Hall–Kier alpha value is -1.46. The predicted molar refractivity (Wildman–Crippen MR) is 57.3 cm³/mol. The molecule has 3 N–H and O–H groups in total. The van der Waals surface area contributed by atoms with E-state index in [2.05, 4.69) is 10.3 Å². The summed E-state index contributed by atoms with van der Waals surface area (Å²) in [6, 6.07) is 2.95. The van der Waals surface area contributed by atoms with E-state index in [1.54, 1.807) is 31.6 Å². The van der Waals surface area contributed by atoms with Crippen molar-refractivity contribution in [2.75, 3.05) is 19.0 Å². The molecule has 15 heavy (non-hydrogen) atoms. The first-order valence-electron chi connectivity index (χ1n) is 4.69. The summed E-state index contributed by atoms with van der Waals surface area (Å²) in [5.41, 5.74) is 6.29. The van der Waals surface area contributed by atoms with Crippen LogP contribution < -0.4 is 11.1 Å². The van der Waals surface area contributed by atoms with Crippen LogP contribution in [0.3, 0.4) is 0 Å². The number of ether oxygens (including phenoxy) is 1. The highest BCUT2D eigenvalue weighted by molar-refractivity contribution is 5.94. The van der Waals surface area contributed by atoms with Gasteiger partial charge in [0.15, 0.2) is 0 Å². The molecular formula is C10H15N3O2. The summed E-state index contributed by atoms with van der Waals surface area (Å²) in [6.07, 6.45) is 3.71. The van der Waals surface area contributed by atoms with Gasteiger partial charge in [-0.3, -0.25) is 9.78 Å². The van der Waals surface area contributed by atoms with Crippen molar-refractivity contribution in [3.8, 4) is 0 Å². The average molecular weight is 209 g/mol. The Bertz CT molecular complexity index is 303. The van der Waals surface area contributed by atoms with Gasteiger partial charge in [-0.25, -0.2) is 0 Å². The lowest BCUT2D eigenvalue weighted by atomic mass is 10.2. The summed E-state index contributed by atoms with van der Waals surface area (Å²) in [7, 11) is 1.58. The van der Waals surface area contributed by atoms with Crippen LogP contribution in [0.4, 0.5) is 5.69 Å². The first-order valence-corrected chi connectivity index (χ1v) is 4.69. The van der Waals surface area contributed by atoms with Gasteiger partial charge in [-0.1, -0.05) is 0 Å². The van der Waals surface area contributed by atoms with Crippen molar-refractivity contribution < 1.29 is 9.53 Å². The number of methoxy groups -OCH3 is 1. The third kappa shape index (κ3) is 4.05. The molecule has 0 aliphatic rings. The van der Waals surface area contributed by atoms with Gasteiger partial charge in [-0.15, -0.1) is 0 Å². The number of nitrogens with zero attached hydrogens (tertiary/aromatic N) is 1. The Labute approximate surface area is 88.6 Å². The van der Waals surface area contributed by atoms with Gasteiger partial charge < -0.3 is 15.8 Å². The number of hydrogen-bond acceptors (Lipinski definition) is 4. The molecule has 0 saturated carbocycles. The summed E-state index contributed by atoms with van der Waals surface area (Å²) in [4.78, 5) is 15.4. The standard InChI is InChI=1S/C10H15N3O2/c1-15-6-4-9(11)10(14)13-8-3-2-5-12-7-8/h2-3,5,7,9H,4,6,11H2,1H3,(H,13,14). The third-order valence-corrected chi connectivity index (χ3v) is 1.90. The number of pyridine rings is 1. The molecule has 1 atom stereocenters. The monoisotopic (exact) mass is 209 g/mol. The summed E-state index contributed by atoms with van der Waals surface area (Å²) in [6.45, 7) is 0.474. The van der Waals surface area contributed by atoms with Crippen molar-refractivity contribution >= 4 is 11.6 Å². The number of amides is 1. The maximum Gasteiger partial charge on any atom is 0.241 e. The van der Waals surface area contributed by atoms with Crippen molar-refractivity contribution in [2.45, 2.75) is 12.5 Å². The van der Waals surface area contributed by atoms with Crippen molar-refractivity contribution in [3.05, 3.63) is 24.5 Å². The highest BCUT2D eigenvalue weighted by Gasteiger charge is 2.12. The second kappa shape index (κ2) is 6.10. The summed E-state index contributed by atoms with van der Waals surface area (Å²) >= 11 is 0. The van der Waals surface area contributed by atoms with E-state index in [-0.39, 0.29) is 5.91 Å².